The van der Waals surface area contributed by atoms with Crippen LogP contribution in [0.2, 0.25) is 0 Å². The van der Waals surface area contributed by atoms with Crippen LogP contribution in [0.25, 0.3) is 0 Å². The minimum atomic E-state index is 0.0124. The van der Waals surface area contributed by atoms with E-state index in [0.29, 0.717) is 5.56 Å². The molecule has 0 bridgehead atoms. The quantitative estimate of drug-likeness (QED) is 0.801. The van der Waals surface area contributed by atoms with Crippen LogP contribution in [0.4, 0.5) is 5.69 Å². The van der Waals surface area contributed by atoms with Crippen molar-refractivity contribution in [3.05, 3.63) is 62.5 Å². The van der Waals surface area contributed by atoms with Crippen molar-refractivity contribution in [1.29, 1.82) is 0 Å². The first-order chi connectivity index (χ1) is 9.97. The van der Waals surface area contributed by atoms with Crippen molar-refractivity contribution >= 4 is 43.5 Å². The summed E-state index contributed by atoms with van der Waals surface area (Å²) < 4.78 is 2.08. The number of rotatable bonds is 4. The molecular formula is C16H16Br2N2O. The molecule has 21 heavy (non-hydrogen) atoms. The number of benzene rings is 2. The van der Waals surface area contributed by atoms with E-state index in [-0.39, 0.29) is 5.91 Å². The molecule has 0 heterocycles. The Bertz CT molecular complexity index is 639. The molecule has 0 fully saturated rings. The van der Waals surface area contributed by atoms with Gasteiger partial charge in [0.25, 0.3) is 5.91 Å². The highest BCUT2D eigenvalue weighted by atomic mass is 79.9. The Labute approximate surface area is 141 Å². The second-order valence-electron chi connectivity index (χ2n) is 4.88. The van der Waals surface area contributed by atoms with Crippen molar-refractivity contribution in [1.82, 2.24) is 4.90 Å². The van der Waals surface area contributed by atoms with Gasteiger partial charge in [0.05, 0.1) is 0 Å². The van der Waals surface area contributed by atoms with Crippen LogP contribution < -0.4 is 5.32 Å². The van der Waals surface area contributed by atoms with Crippen LogP contribution in [0, 0.1) is 0 Å². The normalized spacial score (nSPS) is 10.3. The molecule has 0 aliphatic rings. The fourth-order valence-corrected chi connectivity index (χ4v) is 2.52. The van der Waals surface area contributed by atoms with Gasteiger partial charge in [-0.25, -0.2) is 0 Å². The van der Waals surface area contributed by atoms with E-state index in [0.717, 1.165) is 21.2 Å². The minimum Gasteiger partial charge on any atom is -0.381 e. The highest BCUT2D eigenvalue weighted by molar-refractivity contribution is 9.13. The summed E-state index contributed by atoms with van der Waals surface area (Å²) >= 11 is 6.95. The number of nitrogens with one attached hydrogen (secondary N) is 1. The van der Waals surface area contributed by atoms with Crippen LogP contribution in [0.15, 0.2) is 51.4 Å². The monoisotopic (exact) mass is 410 g/mol. The standard InChI is InChI=1S/C16H16Br2N2O/c1-20(2)16(21)12-4-6-13(7-5-12)19-10-11-3-8-14(17)15(18)9-11/h3-9,19H,10H2,1-2H3. The summed E-state index contributed by atoms with van der Waals surface area (Å²) in [6, 6.07) is 13.7. The summed E-state index contributed by atoms with van der Waals surface area (Å²) in [4.78, 5) is 13.4. The van der Waals surface area contributed by atoms with Crippen molar-refractivity contribution in [2.75, 3.05) is 19.4 Å². The van der Waals surface area contributed by atoms with Gasteiger partial charge in [-0.05, 0) is 73.8 Å². The zero-order valence-corrected chi connectivity index (χ0v) is 15.0. The summed E-state index contributed by atoms with van der Waals surface area (Å²) in [5, 5.41) is 3.34. The first-order valence-corrected chi connectivity index (χ1v) is 8.05. The van der Waals surface area contributed by atoms with Crippen LogP contribution in [0.1, 0.15) is 15.9 Å². The molecule has 0 saturated heterocycles. The predicted octanol–water partition coefficient (Wildman–Crippen LogP) is 4.53. The third-order valence-electron chi connectivity index (χ3n) is 3.02. The second-order valence-corrected chi connectivity index (χ2v) is 6.59. The molecule has 5 heteroatoms. The van der Waals surface area contributed by atoms with Crippen molar-refractivity contribution < 1.29 is 4.79 Å². The lowest BCUT2D eigenvalue weighted by molar-refractivity contribution is 0.0827. The fraction of sp³-hybridized carbons (Fsp3) is 0.188. The molecule has 0 atom stereocenters. The van der Waals surface area contributed by atoms with Gasteiger partial charge >= 0.3 is 0 Å². The molecule has 0 spiro atoms. The summed E-state index contributed by atoms with van der Waals surface area (Å²) in [6.07, 6.45) is 0. The molecule has 1 N–H and O–H groups in total. The van der Waals surface area contributed by atoms with Gasteiger partial charge in [-0.15, -0.1) is 0 Å². The van der Waals surface area contributed by atoms with E-state index in [1.165, 1.54) is 5.56 Å². The molecule has 110 valence electrons. The van der Waals surface area contributed by atoms with Gasteiger partial charge in [-0.3, -0.25) is 4.79 Å². The lowest BCUT2D eigenvalue weighted by atomic mass is 10.1. The van der Waals surface area contributed by atoms with Gasteiger partial charge in [0, 0.05) is 40.8 Å². The average molecular weight is 412 g/mol. The van der Waals surface area contributed by atoms with Gasteiger partial charge in [0.15, 0.2) is 0 Å². The number of hydrogen-bond acceptors (Lipinski definition) is 2. The SMILES string of the molecule is CN(C)C(=O)c1ccc(NCc2ccc(Br)c(Br)c2)cc1. The third-order valence-corrected chi connectivity index (χ3v) is 4.90. The minimum absolute atomic E-state index is 0.0124. The Kier molecular flexibility index (Phi) is 5.42. The van der Waals surface area contributed by atoms with E-state index in [2.05, 4.69) is 49.3 Å². The molecule has 3 nitrogen and oxygen atoms in total. The number of amides is 1. The number of halogens is 2. The van der Waals surface area contributed by atoms with Crippen molar-refractivity contribution in [2.45, 2.75) is 6.54 Å². The maximum atomic E-state index is 11.8. The first-order valence-electron chi connectivity index (χ1n) is 6.47. The van der Waals surface area contributed by atoms with E-state index in [4.69, 9.17) is 0 Å². The number of carbonyl (C=O) groups is 1. The highest BCUT2D eigenvalue weighted by Gasteiger charge is 2.07. The fourth-order valence-electron chi connectivity index (χ4n) is 1.84. The second kappa shape index (κ2) is 7.09. The summed E-state index contributed by atoms with van der Waals surface area (Å²) in [5.74, 6) is 0.0124. The average Bonchev–Trinajstić information content (AvgIpc) is 2.48. The first kappa shape index (κ1) is 16.0. The lowest BCUT2D eigenvalue weighted by Gasteiger charge is -2.11. The molecule has 0 unspecified atom stereocenters. The molecule has 1 amide bonds. The number of nitrogens with zero attached hydrogens (tertiary/aromatic N) is 1. The Balaban J connectivity index is 2.00. The maximum Gasteiger partial charge on any atom is 0.253 e. The van der Waals surface area contributed by atoms with E-state index in [9.17, 15) is 4.79 Å². The van der Waals surface area contributed by atoms with E-state index >= 15 is 0 Å². The van der Waals surface area contributed by atoms with Crippen molar-refractivity contribution in [3.63, 3.8) is 0 Å². The van der Waals surface area contributed by atoms with Gasteiger partial charge in [-0.2, -0.15) is 0 Å². The number of carbonyl (C=O) groups excluding carboxylic acids is 1. The summed E-state index contributed by atoms with van der Waals surface area (Å²) in [6.45, 7) is 0.729. The smallest absolute Gasteiger partial charge is 0.253 e. The van der Waals surface area contributed by atoms with Crippen LogP contribution >= 0.6 is 31.9 Å². The Hall–Kier alpha value is -1.33. The lowest BCUT2D eigenvalue weighted by Crippen LogP contribution is -2.21. The molecule has 0 saturated carbocycles. The maximum absolute atomic E-state index is 11.8. The topological polar surface area (TPSA) is 32.3 Å². The van der Waals surface area contributed by atoms with E-state index < -0.39 is 0 Å². The van der Waals surface area contributed by atoms with Gasteiger partial charge in [-0.1, -0.05) is 6.07 Å². The zero-order valence-electron chi connectivity index (χ0n) is 11.9. The third kappa shape index (κ3) is 4.32. The van der Waals surface area contributed by atoms with Gasteiger partial charge in [0.1, 0.15) is 0 Å². The van der Waals surface area contributed by atoms with Crippen LogP contribution in [-0.2, 0) is 6.54 Å². The molecule has 2 aromatic rings. The van der Waals surface area contributed by atoms with E-state index in [1.54, 1.807) is 19.0 Å². The molecular weight excluding hydrogens is 396 g/mol. The zero-order chi connectivity index (χ0) is 15.4. The molecule has 2 rings (SSSR count). The Morgan fingerprint density at radius 2 is 1.71 bits per heavy atom. The summed E-state index contributed by atoms with van der Waals surface area (Å²) in [7, 11) is 3.50. The molecule has 0 radical (unpaired) electrons. The largest absolute Gasteiger partial charge is 0.381 e. The molecule has 0 aliphatic carbocycles. The number of hydrogen-bond donors (Lipinski definition) is 1. The van der Waals surface area contributed by atoms with Crippen LogP contribution in [0.3, 0.4) is 0 Å². The Morgan fingerprint density at radius 1 is 1.05 bits per heavy atom. The highest BCUT2D eigenvalue weighted by Crippen LogP contribution is 2.24. The summed E-state index contributed by atoms with van der Waals surface area (Å²) in [5.41, 5.74) is 2.86. The predicted molar refractivity (Wildman–Crippen MR) is 93.6 cm³/mol. The number of anilines is 1. The molecule has 0 aromatic heterocycles. The van der Waals surface area contributed by atoms with Gasteiger partial charge < -0.3 is 10.2 Å². The van der Waals surface area contributed by atoms with Crippen LogP contribution in [0.5, 0.6) is 0 Å². The van der Waals surface area contributed by atoms with Gasteiger partial charge in [0.2, 0.25) is 0 Å². The Morgan fingerprint density at radius 3 is 2.29 bits per heavy atom. The van der Waals surface area contributed by atoms with Crippen molar-refractivity contribution in [2.24, 2.45) is 0 Å². The molecule has 2 aromatic carbocycles. The van der Waals surface area contributed by atoms with Crippen LogP contribution in [-0.4, -0.2) is 24.9 Å². The van der Waals surface area contributed by atoms with E-state index in [1.807, 2.05) is 30.3 Å². The molecule has 0 aliphatic heterocycles. The van der Waals surface area contributed by atoms with Crippen molar-refractivity contribution in [3.8, 4) is 0 Å².